The maximum atomic E-state index is 12.5. The third-order valence-electron chi connectivity index (χ3n) is 4.02. The second kappa shape index (κ2) is 5.86. The molecule has 7 heteroatoms. The van der Waals surface area contributed by atoms with Gasteiger partial charge < -0.3 is 4.98 Å². The summed E-state index contributed by atoms with van der Waals surface area (Å²) in [5, 5.41) is 3.17. The number of aromatic nitrogens is 4. The van der Waals surface area contributed by atoms with E-state index in [1.165, 1.54) is 10.9 Å². The largest absolute Gasteiger partial charge is 0.324 e. The molecule has 1 amide bonds. The van der Waals surface area contributed by atoms with Crippen LogP contribution >= 0.6 is 0 Å². The third-order valence-corrected chi connectivity index (χ3v) is 4.02. The van der Waals surface area contributed by atoms with Gasteiger partial charge in [-0.15, -0.1) is 0 Å². The Morgan fingerprint density at radius 3 is 2.88 bits per heavy atom. The monoisotopic (exact) mass is 333 g/mol. The van der Waals surface area contributed by atoms with E-state index in [9.17, 15) is 9.59 Å². The molecule has 0 radical (unpaired) electrons. The van der Waals surface area contributed by atoms with Gasteiger partial charge in [-0.1, -0.05) is 24.3 Å². The highest BCUT2D eigenvalue weighted by Crippen LogP contribution is 2.13. The smallest absolute Gasteiger partial charge is 0.261 e. The predicted molar refractivity (Wildman–Crippen MR) is 95.5 cm³/mol. The first-order valence-electron chi connectivity index (χ1n) is 7.81. The SMILES string of the molecule is Cc1cccc2c(=O)n(CC(=O)Nc3nc4ccccc4[nH]3)cnc12. The van der Waals surface area contributed by atoms with Gasteiger partial charge in [0, 0.05) is 0 Å². The molecule has 4 aromatic rings. The molecule has 0 unspecified atom stereocenters. The van der Waals surface area contributed by atoms with Crippen LogP contribution in [-0.2, 0) is 11.3 Å². The van der Waals surface area contributed by atoms with E-state index in [1.807, 2.05) is 37.3 Å². The molecule has 2 heterocycles. The number of benzene rings is 2. The van der Waals surface area contributed by atoms with E-state index in [-0.39, 0.29) is 18.0 Å². The van der Waals surface area contributed by atoms with Gasteiger partial charge in [0.2, 0.25) is 11.9 Å². The zero-order valence-corrected chi connectivity index (χ0v) is 13.5. The Labute approximate surface area is 142 Å². The van der Waals surface area contributed by atoms with E-state index in [0.717, 1.165) is 16.6 Å². The van der Waals surface area contributed by atoms with Crippen molar-refractivity contribution in [2.45, 2.75) is 13.5 Å². The third kappa shape index (κ3) is 2.76. The van der Waals surface area contributed by atoms with Crippen LogP contribution < -0.4 is 10.9 Å². The minimum atomic E-state index is -0.352. The van der Waals surface area contributed by atoms with Crippen LogP contribution in [0.15, 0.2) is 53.6 Å². The summed E-state index contributed by atoms with van der Waals surface area (Å²) >= 11 is 0. The van der Waals surface area contributed by atoms with Gasteiger partial charge in [-0.25, -0.2) is 9.97 Å². The summed E-state index contributed by atoms with van der Waals surface area (Å²) < 4.78 is 1.29. The van der Waals surface area contributed by atoms with E-state index in [1.54, 1.807) is 12.1 Å². The standard InChI is InChI=1S/C18H15N5O2/c1-11-5-4-6-12-16(11)19-10-23(17(12)25)9-15(24)22-18-20-13-7-2-3-8-14(13)21-18/h2-8,10H,9H2,1H3,(H2,20,21,22,24). The Kier molecular flexibility index (Phi) is 3.53. The number of aryl methyl sites for hydroxylation is 1. The average molecular weight is 333 g/mol. The second-order valence-corrected chi connectivity index (χ2v) is 5.80. The van der Waals surface area contributed by atoms with Crippen LogP contribution in [0.2, 0.25) is 0 Å². The molecule has 2 N–H and O–H groups in total. The molecule has 0 saturated carbocycles. The van der Waals surface area contributed by atoms with Crippen LogP contribution in [-0.4, -0.2) is 25.4 Å². The van der Waals surface area contributed by atoms with Crippen LogP contribution in [0.1, 0.15) is 5.56 Å². The fourth-order valence-electron chi connectivity index (χ4n) is 2.79. The van der Waals surface area contributed by atoms with Crippen molar-refractivity contribution in [1.29, 1.82) is 0 Å². The summed E-state index contributed by atoms with van der Waals surface area (Å²) in [6, 6.07) is 12.9. The molecule has 0 bridgehead atoms. The molecule has 0 spiro atoms. The lowest BCUT2D eigenvalue weighted by atomic mass is 10.1. The highest BCUT2D eigenvalue weighted by Gasteiger charge is 2.11. The zero-order valence-electron chi connectivity index (χ0n) is 13.5. The number of imidazole rings is 1. The number of para-hydroxylation sites is 3. The summed E-state index contributed by atoms with van der Waals surface area (Å²) in [7, 11) is 0. The van der Waals surface area contributed by atoms with Crippen molar-refractivity contribution in [2.24, 2.45) is 0 Å². The van der Waals surface area contributed by atoms with Gasteiger partial charge in [-0.2, -0.15) is 0 Å². The number of amides is 1. The number of fused-ring (bicyclic) bond motifs is 2. The minimum absolute atomic E-state index is 0.132. The molecular formula is C18H15N5O2. The van der Waals surface area contributed by atoms with E-state index >= 15 is 0 Å². The van der Waals surface area contributed by atoms with Crippen molar-refractivity contribution in [3.8, 4) is 0 Å². The molecule has 0 aliphatic rings. The van der Waals surface area contributed by atoms with Gasteiger partial charge >= 0.3 is 0 Å². The van der Waals surface area contributed by atoms with E-state index in [2.05, 4.69) is 20.3 Å². The van der Waals surface area contributed by atoms with Gasteiger partial charge in [0.15, 0.2) is 0 Å². The van der Waals surface area contributed by atoms with Crippen molar-refractivity contribution in [3.63, 3.8) is 0 Å². The van der Waals surface area contributed by atoms with Crippen molar-refractivity contribution in [2.75, 3.05) is 5.32 Å². The summed E-state index contributed by atoms with van der Waals surface area (Å²) in [4.78, 5) is 36.4. The van der Waals surface area contributed by atoms with E-state index < -0.39 is 0 Å². The number of hydrogen-bond donors (Lipinski definition) is 2. The number of nitrogens with one attached hydrogen (secondary N) is 2. The number of carbonyl (C=O) groups excluding carboxylic acids is 1. The quantitative estimate of drug-likeness (QED) is 0.601. The lowest BCUT2D eigenvalue weighted by Gasteiger charge is -2.07. The second-order valence-electron chi connectivity index (χ2n) is 5.80. The maximum Gasteiger partial charge on any atom is 0.261 e. The van der Waals surface area contributed by atoms with Crippen molar-refractivity contribution >= 4 is 33.8 Å². The summed E-state index contributed by atoms with van der Waals surface area (Å²) in [6.07, 6.45) is 1.40. The topological polar surface area (TPSA) is 92.7 Å². The molecule has 0 saturated heterocycles. The lowest BCUT2D eigenvalue weighted by Crippen LogP contribution is -2.28. The highest BCUT2D eigenvalue weighted by molar-refractivity contribution is 5.91. The van der Waals surface area contributed by atoms with E-state index in [0.29, 0.717) is 16.9 Å². The average Bonchev–Trinajstić information content (AvgIpc) is 3.00. The molecule has 0 aliphatic carbocycles. The number of anilines is 1. The van der Waals surface area contributed by atoms with Crippen LogP contribution in [0, 0.1) is 6.92 Å². The van der Waals surface area contributed by atoms with E-state index in [4.69, 9.17) is 0 Å². The molecule has 4 rings (SSSR count). The van der Waals surface area contributed by atoms with Crippen molar-refractivity contribution < 1.29 is 4.79 Å². The number of aromatic amines is 1. The first-order valence-corrected chi connectivity index (χ1v) is 7.81. The molecule has 2 aromatic carbocycles. The van der Waals surface area contributed by atoms with Gasteiger partial charge in [-0.3, -0.25) is 19.5 Å². The van der Waals surface area contributed by atoms with Crippen LogP contribution in [0.25, 0.3) is 21.9 Å². The summed E-state index contributed by atoms with van der Waals surface area (Å²) in [5.41, 5.74) is 2.93. The van der Waals surface area contributed by atoms with Gasteiger partial charge in [0.05, 0.1) is 28.3 Å². The normalized spacial score (nSPS) is 11.1. The minimum Gasteiger partial charge on any atom is -0.324 e. The first kappa shape index (κ1) is 15.1. The number of hydrogen-bond acceptors (Lipinski definition) is 4. The molecule has 124 valence electrons. The molecular weight excluding hydrogens is 318 g/mol. The maximum absolute atomic E-state index is 12.5. The molecule has 25 heavy (non-hydrogen) atoms. The van der Waals surface area contributed by atoms with Gasteiger partial charge in [0.25, 0.3) is 5.56 Å². The summed E-state index contributed by atoms with van der Waals surface area (Å²) in [5.74, 6) is -0.00111. The number of nitrogens with zero attached hydrogens (tertiary/aromatic N) is 3. The Morgan fingerprint density at radius 1 is 1.20 bits per heavy atom. The first-order chi connectivity index (χ1) is 12.1. The lowest BCUT2D eigenvalue weighted by molar-refractivity contribution is -0.116. The highest BCUT2D eigenvalue weighted by atomic mass is 16.2. The fraction of sp³-hybridized carbons (Fsp3) is 0.111. The number of carbonyl (C=O) groups is 1. The predicted octanol–water partition coefficient (Wildman–Crippen LogP) is 2.22. The van der Waals surface area contributed by atoms with Gasteiger partial charge in [0.1, 0.15) is 6.54 Å². The van der Waals surface area contributed by atoms with Crippen LogP contribution in [0.3, 0.4) is 0 Å². The zero-order chi connectivity index (χ0) is 17.4. The molecule has 0 fully saturated rings. The summed E-state index contributed by atoms with van der Waals surface area (Å²) in [6.45, 7) is 1.76. The Morgan fingerprint density at radius 2 is 2.04 bits per heavy atom. The molecule has 2 aromatic heterocycles. The van der Waals surface area contributed by atoms with Crippen LogP contribution in [0.4, 0.5) is 5.95 Å². The van der Waals surface area contributed by atoms with Crippen molar-refractivity contribution in [1.82, 2.24) is 19.5 Å². The number of rotatable bonds is 3. The molecule has 0 atom stereocenters. The Hall–Kier alpha value is -3.48. The van der Waals surface area contributed by atoms with Gasteiger partial charge in [-0.05, 0) is 30.7 Å². The number of H-pyrrole nitrogens is 1. The Balaban J connectivity index is 1.59. The van der Waals surface area contributed by atoms with Crippen molar-refractivity contribution in [3.05, 3.63) is 64.7 Å². The molecule has 7 nitrogen and oxygen atoms in total. The molecule has 0 aliphatic heterocycles. The fourth-order valence-corrected chi connectivity index (χ4v) is 2.79. The Bertz CT molecular complexity index is 1130. The van der Waals surface area contributed by atoms with Crippen LogP contribution in [0.5, 0.6) is 0 Å².